The van der Waals surface area contributed by atoms with Gasteiger partial charge < -0.3 is 14.8 Å². The number of fused-ring (bicyclic) bond motifs is 1. The number of hydrogen-bond acceptors (Lipinski definition) is 7. The number of aromatic nitrogens is 6. The van der Waals surface area contributed by atoms with Gasteiger partial charge in [-0.15, -0.1) is 0 Å². The van der Waals surface area contributed by atoms with E-state index in [4.69, 9.17) is 39.8 Å². The number of carbonyl (C=O) groups excluding carboxylic acids is 1. The molecular weight excluding hydrogens is 676 g/mol. The molecule has 9 nitrogen and oxygen atoms in total. The van der Waals surface area contributed by atoms with Gasteiger partial charge in [0.05, 0.1) is 28.0 Å². The Labute approximate surface area is 282 Å². The van der Waals surface area contributed by atoms with Crippen molar-refractivity contribution in [2.24, 2.45) is 0 Å². The Hall–Kier alpha value is -4.26. The molecule has 0 fully saturated rings. The fraction of sp³-hybridized carbons (Fsp3) is 0.250. The first-order valence-electron chi connectivity index (χ1n) is 14.4. The fourth-order valence-corrected chi connectivity index (χ4v) is 6.06. The number of imidazole rings is 1. The predicted octanol–water partition coefficient (Wildman–Crippen LogP) is 7.79. The lowest BCUT2D eigenvalue weighted by atomic mass is 9.99. The van der Waals surface area contributed by atoms with Gasteiger partial charge in [0.2, 0.25) is 0 Å². The van der Waals surface area contributed by atoms with E-state index in [1.165, 1.54) is 12.4 Å². The third-order valence-electron chi connectivity index (χ3n) is 7.81. The molecule has 6 rings (SSSR count). The first kappa shape index (κ1) is 32.7. The highest BCUT2D eigenvalue weighted by atomic mass is 35.5. The topological polar surface area (TPSA) is 102 Å². The molecule has 0 atom stereocenters. The monoisotopic (exact) mass is 700 g/mol. The quantitative estimate of drug-likeness (QED) is 0.180. The van der Waals surface area contributed by atoms with Crippen LogP contribution in [0.25, 0.3) is 22.5 Å². The summed E-state index contributed by atoms with van der Waals surface area (Å²) in [6.07, 6.45) is 1.77. The number of anilines is 2. The molecule has 1 aliphatic heterocycles. The Balaban J connectivity index is 1.25. The van der Waals surface area contributed by atoms with Crippen LogP contribution < -0.4 is 10.2 Å². The summed E-state index contributed by atoms with van der Waals surface area (Å²) in [6, 6.07) is 7.66. The van der Waals surface area contributed by atoms with Crippen LogP contribution in [-0.4, -0.2) is 48.1 Å². The maximum absolute atomic E-state index is 12.7. The van der Waals surface area contributed by atoms with Crippen LogP contribution in [0.1, 0.15) is 33.8 Å². The zero-order chi connectivity index (χ0) is 33.6. The average molecular weight is 702 g/mol. The van der Waals surface area contributed by atoms with Gasteiger partial charge in [0.15, 0.2) is 5.82 Å². The van der Waals surface area contributed by atoms with Gasteiger partial charge in [0, 0.05) is 61.1 Å². The van der Waals surface area contributed by atoms with E-state index in [-0.39, 0.29) is 12.4 Å². The molecule has 15 heteroatoms. The van der Waals surface area contributed by atoms with Crippen molar-refractivity contribution in [2.75, 3.05) is 16.8 Å². The summed E-state index contributed by atoms with van der Waals surface area (Å²) in [5, 5.41) is 3.02. The third kappa shape index (κ3) is 6.90. The summed E-state index contributed by atoms with van der Waals surface area (Å²) < 4.78 is 39.9. The fourth-order valence-electron chi connectivity index (χ4n) is 5.52. The molecule has 47 heavy (non-hydrogen) atoms. The van der Waals surface area contributed by atoms with Crippen LogP contribution in [0.15, 0.2) is 49.1 Å². The molecule has 0 aliphatic carbocycles. The molecule has 242 valence electrons. The van der Waals surface area contributed by atoms with Gasteiger partial charge in [-0.2, -0.15) is 13.2 Å². The number of hydrogen-bond donors (Lipinski definition) is 1. The highest BCUT2D eigenvalue weighted by Crippen LogP contribution is 2.35. The number of halogens is 6. The molecule has 1 amide bonds. The number of pyridine rings is 4. The van der Waals surface area contributed by atoms with Crippen LogP contribution in [0.2, 0.25) is 15.2 Å². The molecule has 5 aromatic heterocycles. The summed E-state index contributed by atoms with van der Waals surface area (Å²) in [5.41, 5.74) is 7.50. The molecule has 0 radical (unpaired) electrons. The molecule has 0 saturated heterocycles. The van der Waals surface area contributed by atoms with Gasteiger partial charge in [0.1, 0.15) is 16.8 Å². The summed E-state index contributed by atoms with van der Waals surface area (Å²) in [4.78, 5) is 35.8. The van der Waals surface area contributed by atoms with Crippen molar-refractivity contribution >= 4 is 52.3 Å². The van der Waals surface area contributed by atoms with E-state index in [2.05, 4.69) is 26.0 Å². The molecule has 0 saturated carbocycles. The zero-order valence-electron chi connectivity index (χ0n) is 25.3. The Bertz CT molecular complexity index is 2030. The van der Waals surface area contributed by atoms with E-state index in [0.717, 1.165) is 33.6 Å². The van der Waals surface area contributed by atoms with Crippen molar-refractivity contribution in [3.8, 4) is 22.5 Å². The number of rotatable bonds is 6. The molecule has 1 aliphatic rings. The Morgan fingerprint density at radius 2 is 1.55 bits per heavy atom. The summed E-state index contributed by atoms with van der Waals surface area (Å²) >= 11 is 19.1. The summed E-state index contributed by atoms with van der Waals surface area (Å²) in [5.74, 6) is -1.14. The first-order valence-corrected chi connectivity index (χ1v) is 15.5. The standard InChI is InChI=1S/C32H26Cl3F3N8O/c1-16-6-17(2)30(42-24(16)8-19-7-18(3)29(41-11-19)20-9-25(35)39-12-22(20)33)21-10-27(40-13-23(21)34)46-5-4-45-14-26(43-28(45)15-46)44-31(47)32(36,37)38/h6-7,9-14H,4-5,8,15H2,1-3H3,(H,44,47). The van der Waals surface area contributed by atoms with E-state index in [1.54, 1.807) is 23.0 Å². The molecule has 0 bridgehead atoms. The van der Waals surface area contributed by atoms with Crippen molar-refractivity contribution in [2.45, 2.75) is 46.5 Å². The lowest BCUT2D eigenvalue weighted by Crippen LogP contribution is -2.34. The number of aryl methyl sites for hydroxylation is 3. The summed E-state index contributed by atoms with van der Waals surface area (Å²) in [6.45, 7) is 7.14. The number of carbonyl (C=O) groups is 1. The van der Waals surface area contributed by atoms with Crippen LogP contribution in [0.3, 0.4) is 0 Å². The Morgan fingerprint density at radius 1 is 0.851 bits per heavy atom. The number of alkyl halides is 3. The van der Waals surface area contributed by atoms with E-state index in [0.29, 0.717) is 63.2 Å². The van der Waals surface area contributed by atoms with Crippen LogP contribution >= 0.6 is 34.8 Å². The third-order valence-corrected chi connectivity index (χ3v) is 8.62. The molecule has 0 aromatic carbocycles. The zero-order valence-corrected chi connectivity index (χ0v) is 27.5. The van der Waals surface area contributed by atoms with Gasteiger partial charge in [-0.25, -0.2) is 15.0 Å². The second kappa shape index (κ2) is 12.7. The largest absolute Gasteiger partial charge is 0.471 e. The van der Waals surface area contributed by atoms with Gasteiger partial charge in [-0.05, 0) is 55.2 Å². The maximum atomic E-state index is 12.7. The van der Waals surface area contributed by atoms with Gasteiger partial charge in [-0.3, -0.25) is 14.8 Å². The number of amides is 1. The van der Waals surface area contributed by atoms with Crippen molar-refractivity contribution < 1.29 is 18.0 Å². The van der Waals surface area contributed by atoms with Gasteiger partial charge >= 0.3 is 12.1 Å². The van der Waals surface area contributed by atoms with E-state index in [1.807, 2.05) is 43.1 Å². The lowest BCUT2D eigenvalue weighted by Gasteiger charge is -2.29. The van der Waals surface area contributed by atoms with E-state index >= 15 is 0 Å². The van der Waals surface area contributed by atoms with Crippen molar-refractivity contribution in [1.82, 2.24) is 29.5 Å². The average Bonchev–Trinajstić information content (AvgIpc) is 3.41. The van der Waals surface area contributed by atoms with Crippen LogP contribution in [-0.2, 0) is 24.3 Å². The van der Waals surface area contributed by atoms with Crippen LogP contribution in [0, 0.1) is 20.8 Å². The molecular formula is C32H26Cl3F3N8O. The second-order valence-corrected chi connectivity index (χ2v) is 12.4. The van der Waals surface area contributed by atoms with Crippen LogP contribution in [0.5, 0.6) is 0 Å². The maximum Gasteiger partial charge on any atom is 0.471 e. The molecule has 6 heterocycles. The normalized spacial score (nSPS) is 13.1. The Kier molecular flexibility index (Phi) is 8.86. The minimum absolute atomic E-state index is 0.161. The molecule has 0 unspecified atom stereocenters. The number of nitrogens with zero attached hydrogens (tertiary/aromatic N) is 7. The lowest BCUT2D eigenvalue weighted by molar-refractivity contribution is -0.167. The van der Waals surface area contributed by atoms with Crippen molar-refractivity contribution in [3.05, 3.63) is 98.0 Å². The Morgan fingerprint density at radius 3 is 2.28 bits per heavy atom. The second-order valence-electron chi connectivity index (χ2n) is 11.2. The minimum Gasteiger partial charge on any atom is -0.347 e. The SMILES string of the molecule is Cc1cc(C)c(-c2cc(N3CCn4cc(NC(=O)C(F)(F)F)nc4C3)ncc2Cl)nc1Cc1cnc(-c2cc(Cl)ncc2Cl)c(C)c1. The first-order chi connectivity index (χ1) is 22.3. The predicted molar refractivity (Wildman–Crippen MR) is 175 cm³/mol. The summed E-state index contributed by atoms with van der Waals surface area (Å²) in [7, 11) is 0. The van der Waals surface area contributed by atoms with E-state index in [9.17, 15) is 18.0 Å². The van der Waals surface area contributed by atoms with Crippen LogP contribution in [0.4, 0.5) is 24.8 Å². The van der Waals surface area contributed by atoms with E-state index < -0.39 is 12.1 Å². The molecule has 0 spiro atoms. The van der Waals surface area contributed by atoms with Gasteiger partial charge in [0.25, 0.3) is 0 Å². The number of nitrogens with one attached hydrogen (secondary N) is 1. The highest BCUT2D eigenvalue weighted by molar-refractivity contribution is 6.34. The minimum atomic E-state index is -5.01. The molecule has 1 N–H and O–H groups in total. The molecule has 5 aromatic rings. The van der Waals surface area contributed by atoms with Gasteiger partial charge in [-0.1, -0.05) is 46.9 Å². The van der Waals surface area contributed by atoms with Crippen molar-refractivity contribution in [1.29, 1.82) is 0 Å². The van der Waals surface area contributed by atoms with Crippen molar-refractivity contribution in [3.63, 3.8) is 0 Å². The smallest absolute Gasteiger partial charge is 0.347 e. The highest BCUT2D eigenvalue weighted by Gasteiger charge is 2.39.